The van der Waals surface area contributed by atoms with Crippen molar-refractivity contribution in [3.8, 4) is 0 Å². The highest BCUT2D eigenvalue weighted by Gasteiger charge is 2.18. The molecule has 0 spiro atoms. The molecule has 2 N–H and O–H groups in total. The van der Waals surface area contributed by atoms with Crippen LogP contribution in [0.5, 0.6) is 0 Å². The Kier molecular flexibility index (Phi) is 24.1. The molecular formula is C40H72N2O2. The third kappa shape index (κ3) is 18.2. The van der Waals surface area contributed by atoms with E-state index in [1.165, 1.54) is 128 Å². The topological polar surface area (TPSA) is 58.2 Å². The van der Waals surface area contributed by atoms with Crippen molar-refractivity contribution in [2.24, 2.45) is 0 Å². The number of nitrogens with one attached hydrogen (secondary N) is 2. The first-order valence-corrected chi connectivity index (χ1v) is 19.0. The molecule has 0 radical (unpaired) electrons. The van der Waals surface area contributed by atoms with E-state index in [-0.39, 0.29) is 11.8 Å². The second-order valence-corrected chi connectivity index (χ2v) is 13.6. The highest BCUT2D eigenvalue weighted by molar-refractivity contribution is 5.97. The van der Waals surface area contributed by atoms with Gasteiger partial charge in [0.05, 0.1) is 0 Å². The summed E-state index contributed by atoms with van der Waals surface area (Å²) in [5, 5.41) is 6.41. The van der Waals surface area contributed by atoms with Crippen LogP contribution in [0.15, 0.2) is 0 Å². The summed E-state index contributed by atoms with van der Waals surface area (Å²) in [5.74, 6) is 0.205. The van der Waals surface area contributed by atoms with Crippen LogP contribution < -0.4 is 10.6 Å². The monoisotopic (exact) mass is 613 g/mol. The molecule has 0 unspecified atom stereocenters. The van der Waals surface area contributed by atoms with Crippen molar-refractivity contribution in [3.63, 3.8) is 0 Å². The molecule has 0 aromatic heterocycles. The summed E-state index contributed by atoms with van der Waals surface area (Å²) in [4.78, 5) is 25.6. The van der Waals surface area contributed by atoms with Crippen LogP contribution in [0, 0.1) is 27.7 Å². The van der Waals surface area contributed by atoms with E-state index in [9.17, 15) is 9.59 Å². The van der Waals surface area contributed by atoms with Gasteiger partial charge in [0.1, 0.15) is 0 Å². The molecule has 1 rings (SSSR count). The fourth-order valence-corrected chi connectivity index (χ4v) is 6.34. The first kappa shape index (κ1) is 40.2. The number of rotatable bonds is 28. The maximum atomic E-state index is 12.8. The van der Waals surface area contributed by atoms with Crippen LogP contribution in [0.1, 0.15) is 203 Å². The second-order valence-electron chi connectivity index (χ2n) is 13.6. The van der Waals surface area contributed by atoms with Gasteiger partial charge in [-0.15, -0.1) is 0 Å². The van der Waals surface area contributed by atoms with Crippen LogP contribution in [0.4, 0.5) is 11.4 Å². The van der Waals surface area contributed by atoms with Crippen LogP contribution in [0.2, 0.25) is 0 Å². The lowest BCUT2D eigenvalue weighted by Gasteiger charge is -2.21. The Bertz CT molecular complexity index is 805. The number of carbonyl (C=O) groups excluding carboxylic acids is 2. The van der Waals surface area contributed by atoms with E-state index in [0.29, 0.717) is 12.8 Å². The first-order valence-electron chi connectivity index (χ1n) is 19.0. The Morgan fingerprint density at radius 3 is 0.795 bits per heavy atom. The Morgan fingerprint density at radius 2 is 0.568 bits per heavy atom. The van der Waals surface area contributed by atoms with Crippen molar-refractivity contribution in [1.82, 2.24) is 0 Å². The average molecular weight is 613 g/mol. The van der Waals surface area contributed by atoms with Crippen LogP contribution >= 0.6 is 0 Å². The van der Waals surface area contributed by atoms with Crippen LogP contribution in [0.25, 0.3) is 0 Å². The Morgan fingerprint density at radius 1 is 0.364 bits per heavy atom. The third-order valence-electron chi connectivity index (χ3n) is 9.67. The molecule has 0 aliphatic heterocycles. The molecule has 4 heteroatoms. The molecule has 2 amide bonds. The number of hydrogen-bond donors (Lipinski definition) is 2. The van der Waals surface area contributed by atoms with E-state index in [2.05, 4.69) is 52.2 Å². The minimum Gasteiger partial charge on any atom is -0.326 e. The second kappa shape index (κ2) is 26.4. The first-order chi connectivity index (χ1) is 21.3. The van der Waals surface area contributed by atoms with E-state index >= 15 is 0 Å². The highest BCUT2D eigenvalue weighted by Crippen LogP contribution is 2.34. The fourth-order valence-electron chi connectivity index (χ4n) is 6.34. The van der Waals surface area contributed by atoms with Gasteiger partial charge in [-0.3, -0.25) is 9.59 Å². The highest BCUT2D eigenvalue weighted by atomic mass is 16.2. The predicted octanol–water partition coefficient (Wildman–Crippen LogP) is 13.0. The molecule has 1 aromatic carbocycles. The van der Waals surface area contributed by atoms with Gasteiger partial charge in [0, 0.05) is 24.2 Å². The third-order valence-corrected chi connectivity index (χ3v) is 9.67. The van der Waals surface area contributed by atoms with Gasteiger partial charge in [0.15, 0.2) is 0 Å². The summed E-state index contributed by atoms with van der Waals surface area (Å²) < 4.78 is 0. The zero-order valence-electron chi connectivity index (χ0n) is 30.2. The Labute approximate surface area is 273 Å². The van der Waals surface area contributed by atoms with E-state index in [1.54, 1.807) is 0 Å². The molecule has 0 saturated heterocycles. The molecular weight excluding hydrogens is 540 g/mol. The van der Waals surface area contributed by atoms with Crippen molar-refractivity contribution in [1.29, 1.82) is 0 Å². The summed E-state index contributed by atoms with van der Waals surface area (Å²) in [6.07, 6.45) is 32.3. The van der Waals surface area contributed by atoms with Crippen molar-refractivity contribution in [2.45, 2.75) is 208 Å². The minimum atomic E-state index is 0.103. The smallest absolute Gasteiger partial charge is 0.224 e. The van der Waals surface area contributed by atoms with Gasteiger partial charge < -0.3 is 10.6 Å². The minimum absolute atomic E-state index is 0.103. The SMILES string of the molecule is CCCCCCCCCCCCCCC(=O)Nc1c(C)c(C)c(NC(=O)CCCCCCCCCCCCCC)c(C)c1C. The van der Waals surface area contributed by atoms with Gasteiger partial charge in [-0.25, -0.2) is 0 Å². The summed E-state index contributed by atoms with van der Waals surface area (Å²) in [7, 11) is 0. The van der Waals surface area contributed by atoms with E-state index in [1.807, 2.05) is 0 Å². The van der Waals surface area contributed by atoms with Crippen molar-refractivity contribution in [3.05, 3.63) is 22.3 Å². The van der Waals surface area contributed by atoms with E-state index in [0.717, 1.165) is 59.3 Å². The molecule has 0 saturated carbocycles. The van der Waals surface area contributed by atoms with Crippen LogP contribution in [-0.4, -0.2) is 11.8 Å². The Balaban J connectivity index is 2.30. The molecule has 4 nitrogen and oxygen atoms in total. The molecule has 0 atom stereocenters. The van der Waals surface area contributed by atoms with Gasteiger partial charge in [-0.2, -0.15) is 0 Å². The molecule has 0 heterocycles. The summed E-state index contributed by atoms with van der Waals surface area (Å²) in [6.45, 7) is 12.8. The number of unbranched alkanes of at least 4 members (excludes halogenated alkanes) is 22. The lowest BCUT2D eigenvalue weighted by atomic mass is 9.95. The maximum absolute atomic E-state index is 12.8. The number of amides is 2. The quantitative estimate of drug-likeness (QED) is 0.0925. The normalized spacial score (nSPS) is 11.2. The van der Waals surface area contributed by atoms with Gasteiger partial charge >= 0.3 is 0 Å². The van der Waals surface area contributed by atoms with E-state index < -0.39 is 0 Å². The summed E-state index contributed by atoms with van der Waals surface area (Å²) in [6, 6.07) is 0. The van der Waals surface area contributed by atoms with Gasteiger partial charge in [0.25, 0.3) is 0 Å². The van der Waals surface area contributed by atoms with Crippen molar-refractivity contribution in [2.75, 3.05) is 10.6 Å². The predicted molar refractivity (Wildman–Crippen MR) is 194 cm³/mol. The van der Waals surface area contributed by atoms with Crippen LogP contribution in [-0.2, 0) is 9.59 Å². The zero-order chi connectivity index (χ0) is 32.4. The molecule has 1 aromatic rings. The fraction of sp³-hybridized carbons (Fsp3) is 0.800. The zero-order valence-corrected chi connectivity index (χ0v) is 30.2. The molecule has 0 aliphatic rings. The molecule has 254 valence electrons. The summed E-state index contributed by atoms with van der Waals surface area (Å²) >= 11 is 0. The number of hydrogen-bond acceptors (Lipinski definition) is 2. The van der Waals surface area contributed by atoms with Crippen molar-refractivity contribution < 1.29 is 9.59 Å². The molecule has 0 fully saturated rings. The summed E-state index contributed by atoms with van der Waals surface area (Å²) in [5.41, 5.74) is 6.05. The maximum Gasteiger partial charge on any atom is 0.224 e. The van der Waals surface area contributed by atoms with Gasteiger partial charge in [0.2, 0.25) is 11.8 Å². The standard InChI is InChI=1S/C40H72N2O2/c1-7-9-11-13-15-17-19-21-23-25-27-29-31-37(43)41-39-33(3)35(5)40(36(6)34(39)4)42-38(44)32-30-28-26-24-22-20-18-16-14-12-10-8-2/h7-32H2,1-6H3,(H,41,43)(H,42,44). The lowest BCUT2D eigenvalue weighted by Crippen LogP contribution is -2.17. The van der Waals surface area contributed by atoms with Crippen molar-refractivity contribution >= 4 is 23.2 Å². The van der Waals surface area contributed by atoms with Crippen LogP contribution in [0.3, 0.4) is 0 Å². The molecule has 0 bridgehead atoms. The number of benzene rings is 1. The largest absolute Gasteiger partial charge is 0.326 e. The van der Waals surface area contributed by atoms with E-state index in [4.69, 9.17) is 0 Å². The van der Waals surface area contributed by atoms with Gasteiger partial charge in [-0.05, 0) is 62.8 Å². The lowest BCUT2D eigenvalue weighted by molar-refractivity contribution is -0.117. The Hall–Kier alpha value is -1.84. The number of anilines is 2. The number of carbonyl (C=O) groups is 2. The van der Waals surface area contributed by atoms with Gasteiger partial charge in [-0.1, -0.05) is 155 Å². The molecule has 0 aliphatic carbocycles. The average Bonchev–Trinajstić information content (AvgIpc) is 3.01. The molecule has 44 heavy (non-hydrogen) atoms.